The number of ether oxygens (including phenoxy) is 1. The first-order valence-electron chi connectivity index (χ1n) is 6.77. The molecule has 1 amide bonds. The molecule has 0 bridgehead atoms. The summed E-state index contributed by atoms with van der Waals surface area (Å²) in [6.45, 7) is 6.38. The van der Waals surface area contributed by atoms with Gasteiger partial charge < -0.3 is 14.7 Å². The Kier molecular flexibility index (Phi) is 4.02. The summed E-state index contributed by atoms with van der Waals surface area (Å²) in [6, 6.07) is 6.71. The molecule has 0 radical (unpaired) electrons. The van der Waals surface area contributed by atoms with Gasteiger partial charge in [-0.1, -0.05) is 18.2 Å². The molecule has 1 aromatic carbocycles. The van der Waals surface area contributed by atoms with Gasteiger partial charge in [-0.25, -0.2) is 9.59 Å². The normalized spacial score (nSPS) is 14.8. The molecule has 1 heterocycles. The van der Waals surface area contributed by atoms with E-state index in [1.165, 1.54) is 0 Å². The number of hydrogen-bond donors (Lipinski definition) is 1. The number of amides is 1. The highest BCUT2D eigenvalue weighted by molar-refractivity contribution is 5.89. The van der Waals surface area contributed by atoms with Crippen molar-refractivity contribution in [1.82, 2.24) is 4.90 Å². The summed E-state index contributed by atoms with van der Waals surface area (Å²) in [5.41, 5.74) is 1.47. The predicted molar refractivity (Wildman–Crippen MR) is 79.2 cm³/mol. The van der Waals surface area contributed by atoms with Crippen molar-refractivity contribution >= 4 is 17.6 Å². The van der Waals surface area contributed by atoms with Gasteiger partial charge in [-0.3, -0.25) is 0 Å². The molecule has 0 fully saturated rings. The highest BCUT2D eigenvalue weighted by Crippen LogP contribution is 2.23. The molecule has 2 rings (SSSR count). The summed E-state index contributed by atoms with van der Waals surface area (Å²) >= 11 is 0. The van der Waals surface area contributed by atoms with E-state index in [2.05, 4.69) is 0 Å². The van der Waals surface area contributed by atoms with E-state index in [1.807, 2.05) is 32.9 Å². The zero-order valence-electron chi connectivity index (χ0n) is 12.4. The summed E-state index contributed by atoms with van der Waals surface area (Å²) in [6.07, 6.45) is 1.56. The lowest BCUT2D eigenvalue weighted by atomic mass is 10.0. The van der Waals surface area contributed by atoms with Crippen molar-refractivity contribution < 1.29 is 19.4 Å². The number of nitrogens with zero attached hydrogens (tertiary/aromatic N) is 1. The zero-order valence-corrected chi connectivity index (χ0v) is 12.4. The minimum Gasteiger partial charge on any atom is -0.478 e. The van der Waals surface area contributed by atoms with Crippen LogP contribution in [0.5, 0.6) is 0 Å². The molecule has 0 atom stereocenters. The third-order valence-corrected chi connectivity index (χ3v) is 3.05. The van der Waals surface area contributed by atoms with Crippen LogP contribution in [0.3, 0.4) is 0 Å². The molecule has 5 nitrogen and oxygen atoms in total. The fourth-order valence-electron chi connectivity index (χ4n) is 2.08. The van der Waals surface area contributed by atoms with Crippen LogP contribution in [-0.4, -0.2) is 40.8 Å². The van der Waals surface area contributed by atoms with Crippen LogP contribution in [0.15, 0.2) is 30.3 Å². The molecule has 1 aliphatic heterocycles. The molecule has 112 valence electrons. The summed E-state index contributed by atoms with van der Waals surface area (Å²) in [5, 5.41) is 9.02. The molecule has 0 saturated carbocycles. The van der Waals surface area contributed by atoms with Crippen LogP contribution in [0.4, 0.5) is 4.79 Å². The number of rotatable bonds is 2. The number of carbonyl (C=O) groups is 2. The maximum absolute atomic E-state index is 12.0. The Hall–Kier alpha value is -2.30. The Morgan fingerprint density at radius 2 is 2.00 bits per heavy atom. The van der Waals surface area contributed by atoms with E-state index in [0.29, 0.717) is 13.1 Å². The second-order valence-corrected chi connectivity index (χ2v) is 5.98. The van der Waals surface area contributed by atoms with Crippen molar-refractivity contribution in [2.24, 2.45) is 0 Å². The van der Waals surface area contributed by atoms with Gasteiger partial charge in [0.25, 0.3) is 0 Å². The van der Waals surface area contributed by atoms with Crippen LogP contribution >= 0.6 is 0 Å². The van der Waals surface area contributed by atoms with Crippen LogP contribution in [0.25, 0.3) is 5.57 Å². The first kappa shape index (κ1) is 15.1. The molecule has 0 spiro atoms. The van der Waals surface area contributed by atoms with Crippen LogP contribution in [0.1, 0.15) is 36.7 Å². The Labute approximate surface area is 123 Å². The highest BCUT2D eigenvalue weighted by Gasteiger charge is 2.25. The Morgan fingerprint density at radius 1 is 1.29 bits per heavy atom. The van der Waals surface area contributed by atoms with Gasteiger partial charge >= 0.3 is 12.1 Å². The maximum atomic E-state index is 12.0. The van der Waals surface area contributed by atoms with E-state index in [-0.39, 0.29) is 11.7 Å². The van der Waals surface area contributed by atoms with Crippen molar-refractivity contribution in [2.75, 3.05) is 13.1 Å². The molecular formula is C16H19NO4. The Bertz CT molecular complexity index is 599. The average molecular weight is 289 g/mol. The second kappa shape index (κ2) is 5.60. The van der Waals surface area contributed by atoms with Gasteiger partial charge in [0.05, 0.1) is 5.56 Å². The third kappa shape index (κ3) is 3.84. The summed E-state index contributed by atoms with van der Waals surface area (Å²) in [7, 11) is 0. The van der Waals surface area contributed by atoms with Gasteiger partial charge in [0.2, 0.25) is 0 Å². The molecule has 1 aliphatic rings. The second-order valence-electron chi connectivity index (χ2n) is 5.98. The lowest BCUT2D eigenvalue weighted by Gasteiger charge is -2.24. The fraction of sp³-hybridized carbons (Fsp3) is 0.375. The van der Waals surface area contributed by atoms with Crippen molar-refractivity contribution in [3.63, 3.8) is 0 Å². The van der Waals surface area contributed by atoms with E-state index in [9.17, 15) is 9.59 Å². The number of carbonyl (C=O) groups excluding carboxylic acids is 1. The largest absolute Gasteiger partial charge is 0.478 e. The predicted octanol–water partition coefficient (Wildman–Crippen LogP) is 3.02. The standard InChI is InChI=1S/C16H19NO4/c1-16(2,3)21-15(20)17-8-7-13(10-17)11-5-4-6-12(9-11)14(18)19/h4-7,9H,8,10H2,1-3H3,(H,18,19). The number of carboxylic acids is 1. The SMILES string of the molecule is CC(C)(C)OC(=O)N1CC=C(c2cccc(C(=O)O)c2)C1. The van der Waals surface area contributed by atoms with E-state index < -0.39 is 11.6 Å². The lowest BCUT2D eigenvalue weighted by molar-refractivity contribution is 0.0306. The molecule has 1 aromatic rings. The average Bonchev–Trinajstić information content (AvgIpc) is 2.86. The van der Waals surface area contributed by atoms with E-state index >= 15 is 0 Å². The topological polar surface area (TPSA) is 66.8 Å². The number of aromatic carboxylic acids is 1. The molecule has 0 aliphatic carbocycles. The number of hydrogen-bond acceptors (Lipinski definition) is 3. The number of benzene rings is 1. The quantitative estimate of drug-likeness (QED) is 0.908. The fourth-order valence-corrected chi connectivity index (χ4v) is 2.08. The summed E-state index contributed by atoms with van der Waals surface area (Å²) in [5.74, 6) is -0.959. The molecule has 0 aromatic heterocycles. The van der Waals surface area contributed by atoms with Gasteiger partial charge in [-0.2, -0.15) is 0 Å². The Morgan fingerprint density at radius 3 is 2.62 bits per heavy atom. The minimum atomic E-state index is -0.959. The molecular weight excluding hydrogens is 270 g/mol. The van der Waals surface area contributed by atoms with Gasteiger partial charge in [-0.05, 0) is 44.0 Å². The van der Waals surface area contributed by atoms with Crippen molar-refractivity contribution in [1.29, 1.82) is 0 Å². The van der Waals surface area contributed by atoms with Gasteiger partial charge in [0, 0.05) is 13.1 Å². The van der Waals surface area contributed by atoms with Crippen molar-refractivity contribution in [3.05, 3.63) is 41.5 Å². The first-order valence-corrected chi connectivity index (χ1v) is 6.77. The lowest BCUT2D eigenvalue weighted by Crippen LogP contribution is -2.35. The summed E-state index contributed by atoms with van der Waals surface area (Å²) < 4.78 is 5.33. The van der Waals surface area contributed by atoms with E-state index in [1.54, 1.807) is 23.1 Å². The van der Waals surface area contributed by atoms with Gasteiger partial charge in [0.15, 0.2) is 0 Å². The molecule has 0 saturated heterocycles. The van der Waals surface area contributed by atoms with Crippen LogP contribution in [0, 0.1) is 0 Å². The van der Waals surface area contributed by atoms with Crippen molar-refractivity contribution in [3.8, 4) is 0 Å². The van der Waals surface area contributed by atoms with E-state index in [4.69, 9.17) is 9.84 Å². The summed E-state index contributed by atoms with van der Waals surface area (Å²) in [4.78, 5) is 24.6. The maximum Gasteiger partial charge on any atom is 0.410 e. The molecule has 1 N–H and O–H groups in total. The monoisotopic (exact) mass is 289 g/mol. The van der Waals surface area contributed by atoms with Crippen LogP contribution in [-0.2, 0) is 4.74 Å². The van der Waals surface area contributed by atoms with Gasteiger partial charge in [0.1, 0.15) is 5.60 Å². The third-order valence-electron chi connectivity index (χ3n) is 3.05. The zero-order chi connectivity index (χ0) is 15.6. The van der Waals surface area contributed by atoms with Crippen LogP contribution < -0.4 is 0 Å². The first-order chi connectivity index (χ1) is 9.76. The minimum absolute atomic E-state index is 0.240. The Balaban J connectivity index is 2.07. The van der Waals surface area contributed by atoms with Crippen molar-refractivity contribution in [2.45, 2.75) is 26.4 Å². The van der Waals surface area contributed by atoms with E-state index in [0.717, 1.165) is 11.1 Å². The molecule has 5 heteroatoms. The smallest absolute Gasteiger partial charge is 0.410 e. The number of carboxylic acid groups (broad SMARTS) is 1. The van der Waals surface area contributed by atoms with Crippen LogP contribution in [0.2, 0.25) is 0 Å². The molecule has 21 heavy (non-hydrogen) atoms. The van der Waals surface area contributed by atoms with Gasteiger partial charge in [-0.15, -0.1) is 0 Å². The molecule has 0 unspecified atom stereocenters. The highest BCUT2D eigenvalue weighted by atomic mass is 16.6.